The van der Waals surface area contributed by atoms with Gasteiger partial charge in [0, 0.05) is 11.3 Å². The smallest absolute Gasteiger partial charge is 0.0196 e. The Kier molecular flexibility index (Phi) is 6.23. The summed E-state index contributed by atoms with van der Waals surface area (Å²) in [7, 11) is 0. The molecular weight excluding hydrogens is 492 g/mol. The van der Waals surface area contributed by atoms with Crippen LogP contribution in [0.25, 0.3) is 33.4 Å². The van der Waals surface area contributed by atoms with Gasteiger partial charge < -0.3 is 0 Å². The summed E-state index contributed by atoms with van der Waals surface area (Å²) in [5, 5.41) is 0. The van der Waals surface area contributed by atoms with Crippen LogP contribution in [0.2, 0.25) is 0 Å². The van der Waals surface area contributed by atoms with E-state index in [2.05, 4.69) is 120 Å². The third-order valence-corrected chi connectivity index (χ3v) is 10.4. The molecule has 0 bridgehead atoms. The van der Waals surface area contributed by atoms with Gasteiger partial charge in [-0.05, 0) is 140 Å². The maximum atomic E-state index is 2.58. The van der Waals surface area contributed by atoms with Crippen LogP contribution in [0.3, 0.4) is 0 Å². The van der Waals surface area contributed by atoms with Crippen molar-refractivity contribution < 1.29 is 0 Å². The molecule has 1 fully saturated rings. The van der Waals surface area contributed by atoms with E-state index < -0.39 is 0 Å². The maximum Gasteiger partial charge on any atom is 0.0196 e. The van der Waals surface area contributed by atoms with Crippen molar-refractivity contribution in [2.24, 2.45) is 5.41 Å². The molecule has 1 saturated carbocycles. The molecule has 0 heteroatoms. The second-order valence-corrected chi connectivity index (χ2v) is 13.3. The summed E-state index contributed by atoms with van der Waals surface area (Å²) in [6.45, 7) is 13.5. The number of hydrogen-bond acceptors (Lipinski definition) is 0. The highest BCUT2D eigenvalue weighted by molar-refractivity contribution is 5.86. The summed E-state index contributed by atoms with van der Waals surface area (Å²) in [5.74, 6) is 0.387. The van der Waals surface area contributed by atoms with Crippen LogP contribution in [0.1, 0.15) is 82.5 Å². The highest BCUT2D eigenvalue weighted by Crippen LogP contribution is 2.63. The summed E-state index contributed by atoms with van der Waals surface area (Å²) in [6.07, 6.45) is 13.4. The van der Waals surface area contributed by atoms with Crippen molar-refractivity contribution in [3.8, 4) is 33.4 Å². The van der Waals surface area contributed by atoms with Gasteiger partial charge in [0.1, 0.15) is 0 Å². The van der Waals surface area contributed by atoms with E-state index in [9.17, 15) is 0 Å². The first-order valence-electron chi connectivity index (χ1n) is 15.6. The van der Waals surface area contributed by atoms with Crippen molar-refractivity contribution in [3.63, 3.8) is 0 Å². The molecule has 0 saturated heterocycles. The van der Waals surface area contributed by atoms with Gasteiger partial charge in [-0.25, -0.2) is 0 Å². The largest absolute Gasteiger partial charge is 0.0804 e. The van der Waals surface area contributed by atoms with Gasteiger partial charge in [0.2, 0.25) is 0 Å². The van der Waals surface area contributed by atoms with Crippen molar-refractivity contribution in [2.45, 2.75) is 79.6 Å². The Hall–Kier alpha value is -3.64. The zero-order valence-corrected chi connectivity index (χ0v) is 25.6. The lowest BCUT2D eigenvalue weighted by atomic mass is 9.64. The van der Waals surface area contributed by atoms with Crippen LogP contribution in [0.15, 0.2) is 84.5 Å². The average Bonchev–Trinajstić information content (AvgIpc) is 3.67. The van der Waals surface area contributed by atoms with E-state index in [1.807, 2.05) is 0 Å². The molecule has 0 N–H and O–H groups in total. The first-order valence-corrected chi connectivity index (χ1v) is 15.6. The second kappa shape index (κ2) is 9.73. The lowest BCUT2D eigenvalue weighted by Gasteiger charge is -2.39. The lowest BCUT2D eigenvalue weighted by molar-refractivity contribution is 0.320. The number of fused-ring (bicyclic) bond motifs is 3. The topological polar surface area (TPSA) is 0 Å². The van der Waals surface area contributed by atoms with Gasteiger partial charge in [0.05, 0.1) is 0 Å². The van der Waals surface area contributed by atoms with Crippen molar-refractivity contribution >= 4 is 0 Å². The predicted octanol–water partition coefficient (Wildman–Crippen LogP) is 11.4. The fraction of sp³-hybridized carbons (Fsp3) is 0.317. The van der Waals surface area contributed by atoms with E-state index in [0.29, 0.717) is 5.92 Å². The quantitative estimate of drug-likeness (QED) is 0.244. The molecule has 3 aliphatic carbocycles. The first kappa shape index (κ1) is 26.3. The zero-order valence-electron chi connectivity index (χ0n) is 25.6. The molecule has 0 nitrogen and oxygen atoms in total. The molecule has 0 spiro atoms. The average molecular weight is 535 g/mol. The third-order valence-electron chi connectivity index (χ3n) is 10.4. The SMILES string of the molecule is Cc1cc(C)c(-c2ccc3c(c2)C(C2(C4=CC=CC4)CCCC2)c2cc(-c4c(C)cc(C)cc4C)ccc2-3)c(C)c1. The van der Waals surface area contributed by atoms with Crippen molar-refractivity contribution in [3.05, 3.63) is 129 Å². The van der Waals surface area contributed by atoms with Crippen molar-refractivity contribution in [1.82, 2.24) is 0 Å². The summed E-state index contributed by atoms with van der Waals surface area (Å²) in [5.41, 5.74) is 21.5. The van der Waals surface area contributed by atoms with E-state index in [4.69, 9.17) is 0 Å². The minimum absolute atomic E-state index is 0.190. The normalized spacial score (nSPS) is 17.2. The second-order valence-electron chi connectivity index (χ2n) is 13.3. The maximum absolute atomic E-state index is 2.58. The molecule has 4 aromatic carbocycles. The Balaban J connectivity index is 1.47. The third kappa shape index (κ3) is 4.10. The molecule has 3 aliphatic rings. The predicted molar refractivity (Wildman–Crippen MR) is 176 cm³/mol. The fourth-order valence-electron chi connectivity index (χ4n) is 9.06. The van der Waals surface area contributed by atoms with Crippen LogP contribution < -0.4 is 0 Å². The molecule has 0 radical (unpaired) electrons. The molecule has 206 valence electrons. The first-order chi connectivity index (χ1) is 19.8. The Morgan fingerprint density at radius 2 is 1.05 bits per heavy atom. The Morgan fingerprint density at radius 1 is 0.585 bits per heavy atom. The standard InChI is InChI=1S/C41H42/c1-25-19-27(3)38(28(4)20-25)31-13-15-34-35-16-14-32(39-29(5)21-26(2)22-30(39)6)24-37(35)40(36(34)23-31)41(17-9-10-18-41)33-11-7-8-12-33/h7-8,11,13-16,19-24,40H,9-10,12,17-18H2,1-6H3. The minimum atomic E-state index is 0.190. The number of aryl methyl sites for hydroxylation is 6. The molecule has 4 aromatic rings. The van der Waals surface area contributed by atoms with E-state index in [1.54, 1.807) is 16.7 Å². The molecule has 0 unspecified atom stereocenters. The number of hydrogen-bond donors (Lipinski definition) is 0. The number of rotatable bonds is 4. The van der Waals surface area contributed by atoms with E-state index in [1.165, 1.54) is 92.4 Å². The molecule has 0 aromatic heterocycles. The zero-order chi connectivity index (χ0) is 28.5. The Bertz CT molecular complexity index is 1610. The van der Waals surface area contributed by atoms with E-state index in [-0.39, 0.29) is 5.41 Å². The molecular formula is C41H42. The van der Waals surface area contributed by atoms with Gasteiger partial charge in [-0.2, -0.15) is 0 Å². The Morgan fingerprint density at radius 3 is 1.46 bits per heavy atom. The monoisotopic (exact) mass is 534 g/mol. The van der Waals surface area contributed by atoms with Crippen LogP contribution in [0.4, 0.5) is 0 Å². The Labute approximate surface area is 246 Å². The fourth-order valence-corrected chi connectivity index (χ4v) is 9.06. The molecule has 0 aliphatic heterocycles. The number of allylic oxidation sites excluding steroid dienone is 4. The number of benzene rings is 4. The molecule has 0 amide bonds. The van der Waals surface area contributed by atoms with E-state index >= 15 is 0 Å². The molecule has 7 rings (SSSR count). The van der Waals surface area contributed by atoms with Gasteiger partial charge in [0.25, 0.3) is 0 Å². The molecule has 41 heavy (non-hydrogen) atoms. The minimum Gasteiger partial charge on any atom is -0.0804 e. The molecule has 0 atom stereocenters. The van der Waals surface area contributed by atoms with Gasteiger partial charge in [-0.15, -0.1) is 0 Å². The summed E-state index contributed by atoms with van der Waals surface area (Å²) >= 11 is 0. The van der Waals surface area contributed by atoms with Crippen molar-refractivity contribution in [2.75, 3.05) is 0 Å². The highest BCUT2D eigenvalue weighted by atomic mass is 14.5. The van der Waals surface area contributed by atoms with Gasteiger partial charge >= 0.3 is 0 Å². The van der Waals surface area contributed by atoms with Crippen LogP contribution in [-0.4, -0.2) is 0 Å². The van der Waals surface area contributed by atoms with Crippen LogP contribution in [0.5, 0.6) is 0 Å². The van der Waals surface area contributed by atoms with Gasteiger partial charge in [0.15, 0.2) is 0 Å². The lowest BCUT2D eigenvalue weighted by Crippen LogP contribution is -2.28. The summed E-state index contributed by atoms with van der Waals surface area (Å²) < 4.78 is 0. The van der Waals surface area contributed by atoms with Crippen LogP contribution in [0, 0.1) is 47.0 Å². The highest BCUT2D eigenvalue weighted by Gasteiger charge is 2.49. The van der Waals surface area contributed by atoms with Crippen molar-refractivity contribution in [1.29, 1.82) is 0 Å². The molecule has 0 heterocycles. The van der Waals surface area contributed by atoms with Gasteiger partial charge in [-0.1, -0.05) is 96.3 Å². The van der Waals surface area contributed by atoms with E-state index in [0.717, 1.165) is 6.42 Å². The van der Waals surface area contributed by atoms with Crippen LogP contribution >= 0.6 is 0 Å². The van der Waals surface area contributed by atoms with Crippen LogP contribution in [-0.2, 0) is 0 Å². The summed E-state index contributed by atoms with van der Waals surface area (Å²) in [4.78, 5) is 0. The summed E-state index contributed by atoms with van der Waals surface area (Å²) in [6, 6.07) is 24.2. The van der Waals surface area contributed by atoms with Gasteiger partial charge in [-0.3, -0.25) is 0 Å².